The van der Waals surface area contributed by atoms with Crippen LogP contribution in [0.3, 0.4) is 0 Å². The Balaban J connectivity index is 2.82. The van der Waals surface area contributed by atoms with Gasteiger partial charge in [-0.1, -0.05) is 22.0 Å². The van der Waals surface area contributed by atoms with Crippen LogP contribution in [-0.2, 0) is 6.42 Å². The lowest BCUT2D eigenvalue weighted by Gasteiger charge is -2.16. The monoisotopic (exact) mass is 283 g/mol. The van der Waals surface area contributed by atoms with Crippen LogP contribution < -0.4 is 5.73 Å². The molecule has 0 aliphatic heterocycles. The Hall–Kier alpha value is -0.750. The summed E-state index contributed by atoms with van der Waals surface area (Å²) in [5, 5.41) is 9.35. The van der Waals surface area contributed by atoms with E-state index in [9.17, 15) is 18.3 Å². The first-order chi connectivity index (χ1) is 6.80. The maximum absolute atomic E-state index is 12.1. The van der Waals surface area contributed by atoms with Gasteiger partial charge < -0.3 is 10.8 Å². The van der Waals surface area contributed by atoms with E-state index in [1.807, 2.05) is 0 Å². The molecule has 0 heterocycles. The molecule has 3 N–H and O–H groups in total. The second-order valence-corrected chi connectivity index (χ2v) is 4.04. The van der Waals surface area contributed by atoms with E-state index in [1.165, 1.54) is 12.1 Å². The number of aromatic hydroxyl groups is 1. The number of phenols is 1. The Bertz CT molecular complexity index is 354. The molecule has 2 nitrogen and oxygen atoms in total. The Morgan fingerprint density at radius 2 is 2.00 bits per heavy atom. The molecule has 15 heavy (non-hydrogen) atoms. The van der Waals surface area contributed by atoms with E-state index in [4.69, 9.17) is 5.73 Å². The van der Waals surface area contributed by atoms with Crippen LogP contribution in [0.25, 0.3) is 0 Å². The van der Waals surface area contributed by atoms with E-state index >= 15 is 0 Å². The van der Waals surface area contributed by atoms with Gasteiger partial charge in [0.25, 0.3) is 0 Å². The highest BCUT2D eigenvalue weighted by molar-refractivity contribution is 9.10. The fraction of sp³-hybridized carbons (Fsp3) is 0.333. The predicted octanol–water partition coefficient (Wildman–Crippen LogP) is 2.59. The summed E-state index contributed by atoms with van der Waals surface area (Å²) in [6.45, 7) is 0. The molecule has 0 fully saturated rings. The van der Waals surface area contributed by atoms with Crippen LogP contribution in [0.5, 0.6) is 5.75 Å². The van der Waals surface area contributed by atoms with Gasteiger partial charge in [0, 0.05) is 4.47 Å². The number of alkyl halides is 3. The van der Waals surface area contributed by atoms with Crippen molar-refractivity contribution in [2.24, 2.45) is 5.73 Å². The van der Waals surface area contributed by atoms with Crippen LogP contribution in [0.15, 0.2) is 22.7 Å². The zero-order valence-corrected chi connectivity index (χ0v) is 9.14. The van der Waals surface area contributed by atoms with E-state index in [0.717, 1.165) is 0 Å². The minimum Gasteiger partial charge on any atom is -0.508 e. The molecular weight excluding hydrogens is 275 g/mol. The highest BCUT2D eigenvalue weighted by Gasteiger charge is 2.36. The fourth-order valence-corrected chi connectivity index (χ4v) is 1.41. The van der Waals surface area contributed by atoms with Gasteiger partial charge in [0.15, 0.2) is 0 Å². The maximum Gasteiger partial charge on any atom is 0.403 e. The third-order valence-electron chi connectivity index (χ3n) is 1.91. The Morgan fingerprint density at radius 3 is 2.47 bits per heavy atom. The molecule has 84 valence electrons. The number of hydrogen-bond acceptors (Lipinski definition) is 2. The van der Waals surface area contributed by atoms with Gasteiger partial charge in [-0.15, -0.1) is 0 Å². The molecule has 1 atom stereocenters. The number of nitrogens with two attached hydrogens (primary N) is 1. The number of halogens is 4. The van der Waals surface area contributed by atoms with Gasteiger partial charge in [-0.25, -0.2) is 0 Å². The molecule has 1 rings (SSSR count). The van der Waals surface area contributed by atoms with Crippen molar-refractivity contribution in [3.63, 3.8) is 0 Å². The zero-order valence-electron chi connectivity index (χ0n) is 7.55. The van der Waals surface area contributed by atoms with Gasteiger partial charge in [-0.05, 0) is 24.1 Å². The molecule has 1 aromatic carbocycles. The van der Waals surface area contributed by atoms with Gasteiger partial charge in [0.2, 0.25) is 0 Å². The van der Waals surface area contributed by atoms with Crippen molar-refractivity contribution >= 4 is 15.9 Å². The van der Waals surface area contributed by atoms with Gasteiger partial charge in [0.1, 0.15) is 11.8 Å². The molecule has 0 spiro atoms. The summed E-state index contributed by atoms with van der Waals surface area (Å²) in [6, 6.07) is 2.34. The molecule has 0 amide bonds. The van der Waals surface area contributed by atoms with Crippen LogP contribution in [-0.4, -0.2) is 17.3 Å². The molecule has 6 heteroatoms. The summed E-state index contributed by atoms with van der Waals surface area (Å²) in [7, 11) is 0. The highest BCUT2D eigenvalue weighted by atomic mass is 79.9. The number of hydrogen-bond donors (Lipinski definition) is 2. The first-order valence-corrected chi connectivity index (χ1v) is 4.89. The first kappa shape index (κ1) is 12.3. The second kappa shape index (κ2) is 4.40. The highest BCUT2D eigenvalue weighted by Crippen LogP contribution is 2.27. The van der Waals surface area contributed by atoms with Crippen LogP contribution in [0.4, 0.5) is 13.2 Å². The second-order valence-electron chi connectivity index (χ2n) is 3.13. The van der Waals surface area contributed by atoms with Crippen molar-refractivity contribution in [2.75, 3.05) is 0 Å². The minimum atomic E-state index is -4.44. The van der Waals surface area contributed by atoms with Crippen LogP contribution in [0.2, 0.25) is 0 Å². The van der Waals surface area contributed by atoms with Crippen molar-refractivity contribution in [3.05, 3.63) is 28.2 Å². The van der Waals surface area contributed by atoms with E-state index in [0.29, 0.717) is 4.47 Å². The van der Waals surface area contributed by atoms with Gasteiger partial charge >= 0.3 is 6.18 Å². The fourth-order valence-electron chi connectivity index (χ4n) is 1.06. The van der Waals surface area contributed by atoms with Crippen LogP contribution in [0, 0.1) is 0 Å². The molecule has 0 aromatic heterocycles. The largest absolute Gasteiger partial charge is 0.508 e. The summed E-state index contributed by atoms with van der Waals surface area (Å²) in [5.74, 6) is -0.191. The summed E-state index contributed by atoms with van der Waals surface area (Å²) in [6.07, 6.45) is -4.87. The summed E-state index contributed by atoms with van der Waals surface area (Å²) < 4.78 is 37.0. The summed E-state index contributed by atoms with van der Waals surface area (Å²) in [4.78, 5) is 0. The van der Waals surface area contributed by atoms with E-state index in [-0.39, 0.29) is 11.3 Å². The Labute approximate surface area is 93.0 Å². The van der Waals surface area contributed by atoms with Crippen molar-refractivity contribution in [3.8, 4) is 5.75 Å². The van der Waals surface area contributed by atoms with Crippen molar-refractivity contribution < 1.29 is 18.3 Å². The number of rotatable bonds is 2. The van der Waals surface area contributed by atoms with Gasteiger partial charge in [0.05, 0.1) is 0 Å². The van der Waals surface area contributed by atoms with Crippen molar-refractivity contribution in [2.45, 2.75) is 18.6 Å². The number of benzene rings is 1. The lowest BCUT2D eigenvalue weighted by atomic mass is 10.1. The Kier molecular flexibility index (Phi) is 3.62. The standard InChI is InChI=1S/C9H9BrF3NO/c10-6-2-1-5(7(15)4-6)3-8(14)9(11,12)13/h1-2,4,8,15H,3,14H2. The maximum atomic E-state index is 12.1. The SMILES string of the molecule is NC(Cc1ccc(Br)cc1O)C(F)(F)F. The van der Waals surface area contributed by atoms with E-state index in [2.05, 4.69) is 15.9 Å². The van der Waals surface area contributed by atoms with E-state index < -0.39 is 18.6 Å². The van der Waals surface area contributed by atoms with Crippen molar-refractivity contribution in [1.29, 1.82) is 0 Å². The predicted molar refractivity (Wildman–Crippen MR) is 53.5 cm³/mol. The molecule has 0 saturated carbocycles. The van der Waals surface area contributed by atoms with Crippen LogP contribution >= 0.6 is 15.9 Å². The molecule has 0 aliphatic carbocycles. The molecule has 0 bridgehead atoms. The average molecular weight is 284 g/mol. The van der Waals surface area contributed by atoms with E-state index in [1.54, 1.807) is 6.07 Å². The number of phenolic OH excluding ortho intramolecular Hbond substituents is 1. The summed E-state index contributed by atoms with van der Waals surface area (Å²) >= 11 is 3.09. The minimum absolute atomic E-state index is 0.183. The topological polar surface area (TPSA) is 46.2 Å². The third kappa shape index (κ3) is 3.39. The molecule has 0 saturated heterocycles. The van der Waals surface area contributed by atoms with Crippen molar-refractivity contribution in [1.82, 2.24) is 0 Å². The Morgan fingerprint density at radius 1 is 1.40 bits per heavy atom. The molecule has 0 radical (unpaired) electrons. The first-order valence-electron chi connectivity index (χ1n) is 4.10. The average Bonchev–Trinajstić information content (AvgIpc) is 2.08. The lowest BCUT2D eigenvalue weighted by Crippen LogP contribution is -2.39. The van der Waals surface area contributed by atoms with Crippen LogP contribution in [0.1, 0.15) is 5.56 Å². The van der Waals surface area contributed by atoms with Gasteiger partial charge in [-0.3, -0.25) is 0 Å². The zero-order chi connectivity index (χ0) is 11.6. The third-order valence-corrected chi connectivity index (χ3v) is 2.40. The molecular formula is C9H9BrF3NO. The smallest absolute Gasteiger partial charge is 0.403 e. The van der Waals surface area contributed by atoms with Gasteiger partial charge in [-0.2, -0.15) is 13.2 Å². The molecule has 1 unspecified atom stereocenters. The lowest BCUT2D eigenvalue weighted by molar-refractivity contribution is -0.147. The molecule has 1 aromatic rings. The summed E-state index contributed by atoms with van der Waals surface area (Å²) in [5.41, 5.74) is 5.13. The normalized spacial score (nSPS) is 13.9. The quantitative estimate of drug-likeness (QED) is 0.876. The molecule has 0 aliphatic rings.